The third-order valence-corrected chi connectivity index (χ3v) is 4.48. The van der Waals surface area contributed by atoms with Crippen LogP contribution in [0.1, 0.15) is 21.6 Å². The normalized spacial score (nSPS) is 10.5. The monoisotopic (exact) mass is 397 g/mol. The van der Waals surface area contributed by atoms with Crippen LogP contribution in [-0.4, -0.2) is 24.0 Å². The topological polar surface area (TPSA) is 54.0 Å². The number of halogens is 2. The Morgan fingerprint density at radius 1 is 0.964 bits per heavy atom. The molecular formula is C22H21ClFN3O. The first-order valence-corrected chi connectivity index (χ1v) is 9.45. The fraction of sp³-hybridized carbons (Fsp3) is 0.182. The molecule has 2 aromatic carbocycles. The number of benzene rings is 2. The Hall–Kier alpha value is -2.92. The Kier molecular flexibility index (Phi) is 6.98. The Morgan fingerprint density at radius 2 is 1.75 bits per heavy atom. The molecule has 1 heterocycles. The summed E-state index contributed by atoms with van der Waals surface area (Å²) in [7, 11) is 0. The standard InChI is InChI=1S/C22H21ClFN3O/c23-18-3-1-2-17(14-18)11-13-26-22(28)21-9-8-20(15-27-21)25-12-10-16-4-6-19(24)7-5-16/h1-9,14-15,25H,10-13H2,(H,26,28). The van der Waals surface area contributed by atoms with Gasteiger partial charge in [-0.2, -0.15) is 0 Å². The van der Waals surface area contributed by atoms with Gasteiger partial charge in [-0.15, -0.1) is 0 Å². The van der Waals surface area contributed by atoms with Gasteiger partial charge in [0.2, 0.25) is 0 Å². The number of aromatic nitrogens is 1. The fourth-order valence-electron chi connectivity index (χ4n) is 2.74. The third-order valence-electron chi connectivity index (χ3n) is 4.24. The average molecular weight is 398 g/mol. The zero-order valence-corrected chi connectivity index (χ0v) is 16.0. The van der Waals surface area contributed by atoms with Crippen LogP contribution in [0.4, 0.5) is 10.1 Å². The number of nitrogens with one attached hydrogen (secondary N) is 2. The molecule has 0 aliphatic rings. The smallest absolute Gasteiger partial charge is 0.269 e. The van der Waals surface area contributed by atoms with E-state index in [1.54, 1.807) is 24.4 Å². The first-order chi connectivity index (χ1) is 13.6. The minimum Gasteiger partial charge on any atom is -0.383 e. The Labute approximate surface area is 168 Å². The van der Waals surface area contributed by atoms with Crippen LogP contribution < -0.4 is 10.6 Å². The molecule has 0 aliphatic carbocycles. The second-order valence-electron chi connectivity index (χ2n) is 6.37. The third kappa shape index (κ3) is 6.06. The number of nitrogens with zero attached hydrogens (tertiary/aromatic N) is 1. The van der Waals surface area contributed by atoms with E-state index in [1.165, 1.54) is 12.1 Å². The van der Waals surface area contributed by atoms with E-state index in [-0.39, 0.29) is 11.7 Å². The first-order valence-electron chi connectivity index (χ1n) is 9.07. The highest BCUT2D eigenvalue weighted by molar-refractivity contribution is 6.30. The van der Waals surface area contributed by atoms with Gasteiger partial charge in [0.25, 0.3) is 5.91 Å². The molecule has 1 amide bonds. The highest BCUT2D eigenvalue weighted by Gasteiger charge is 2.06. The molecule has 1 aromatic heterocycles. The Morgan fingerprint density at radius 3 is 2.46 bits per heavy atom. The summed E-state index contributed by atoms with van der Waals surface area (Å²) >= 11 is 5.96. The van der Waals surface area contributed by atoms with Crippen LogP contribution in [0, 0.1) is 5.82 Å². The summed E-state index contributed by atoms with van der Waals surface area (Å²) in [4.78, 5) is 16.4. The molecule has 0 fully saturated rings. The van der Waals surface area contributed by atoms with Crippen molar-refractivity contribution < 1.29 is 9.18 Å². The van der Waals surface area contributed by atoms with Crippen LogP contribution >= 0.6 is 11.6 Å². The van der Waals surface area contributed by atoms with Crippen LogP contribution in [0.5, 0.6) is 0 Å². The molecule has 0 atom stereocenters. The average Bonchev–Trinajstić information content (AvgIpc) is 2.70. The Balaban J connectivity index is 1.42. The number of rotatable bonds is 8. The van der Waals surface area contributed by atoms with Gasteiger partial charge in [-0.3, -0.25) is 4.79 Å². The minimum absolute atomic E-state index is 0.208. The molecule has 0 unspecified atom stereocenters. The van der Waals surface area contributed by atoms with Crippen molar-refractivity contribution in [1.82, 2.24) is 10.3 Å². The second-order valence-corrected chi connectivity index (χ2v) is 6.81. The van der Waals surface area contributed by atoms with E-state index in [0.29, 0.717) is 30.2 Å². The summed E-state index contributed by atoms with van der Waals surface area (Å²) in [6.07, 6.45) is 3.11. The molecular weight excluding hydrogens is 377 g/mol. The van der Waals surface area contributed by atoms with Gasteiger partial charge in [-0.25, -0.2) is 9.37 Å². The van der Waals surface area contributed by atoms with Gasteiger partial charge in [-0.05, 0) is 60.4 Å². The number of pyridine rings is 1. The van der Waals surface area contributed by atoms with Gasteiger partial charge in [0.1, 0.15) is 11.5 Å². The van der Waals surface area contributed by atoms with E-state index >= 15 is 0 Å². The van der Waals surface area contributed by atoms with E-state index in [4.69, 9.17) is 11.6 Å². The summed E-state index contributed by atoms with van der Waals surface area (Å²) in [6, 6.07) is 17.5. The maximum atomic E-state index is 12.9. The molecule has 0 saturated heterocycles. The molecule has 3 rings (SSSR count). The summed E-state index contributed by atoms with van der Waals surface area (Å²) in [5, 5.41) is 6.79. The van der Waals surface area contributed by atoms with Crippen molar-refractivity contribution in [3.63, 3.8) is 0 Å². The predicted molar refractivity (Wildman–Crippen MR) is 110 cm³/mol. The van der Waals surface area contributed by atoms with Crippen molar-refractivity contribution in [1.29, 1.82) is 0 Å². The van der Waals surface area contributed by atoms with E-state index in [1.807, 2.05) is 30.3 Å². The molecule has 28 heavy (non-hydrogen) atoms. The van der Waals surface area contributed by atoms with Crippen LogP contribution in [0.2, 0.25) is 5.02 Å². The van der Waals surface area contributed by atoms with Crippen molar-refractivity contribution in [2.75, 3.05) is 18.4 Å². The summed E-state index contributed by atoms with van der Waals surface area (Å²) in [5.41, 5.74) is 3.33. The Bertz CT molecular complexity index is 914. The van der Waals surface area contributed by atoms with Crippen molar-refractivity contribution >= 4 is 23.2 Å². The number of carbonyl (C=O) groups is 1. The number of amides is 1. The fourth-order valence-corrected chi connectivity index (χ4v) is 2.95. The number of hydrogen-bond acceptors (Lipinski definition) is 3. The van der Waals surface area contributed by atoms with Gasteiger partial charge in [0.15, 0.2) is 0 Å². The number of carbonyl (C=O) groups excluding carboxylic acids is 1. The molecule has 0 bridgehead atoms. The maximum absolute atomic E-state index is 12.9. The molecule has 144 valence electrons. The number of hydrogen-bond donors (Lipinski definition) is 2. The highest BCUT2D eigenvalue weighted by atomic mass is 35.5. The van der Waals surface area contributed by atoms with Crippen LogP contribution in [0.15, 0.2) is 66.9 Å². The lowest BCUT2D eigenvalue weighted by molar-refractivity contribution is 0.0949. The molecule has 0 radical (unpaired) electrons. The van der Waals surface area contributed by atoms with E-state index in [0.717, 1.165) is 23.2 Å². The summed E-state index contributed by atoms with van der Waals surface area (Å²) in [5.74, 6) is -0.442. The van der Waals surface area contributed by atoms with Crippen LogP contribution in [0.3, 0.4) is 0 Å². The van der Waals surface area contributed by atoms with E-state index in [2.05, 4.69) is 15.6 Å². The van der Waals surface area contributed by atoms with Gasteiger partial charge in [0, 0.05) is 18.1 Å². The van der Waals surface area contributed by atoms with Gasteiger partial charge in [-0.1, -0.05) is 35.9 Å². The summed E-state index contributed by atoms with van der Waals surface area (Å²) < 4.78 is 12.9. The lowest BCUT2D eigenvalue weighted by Gasteiger charge is -2.08. The zero-order valence-electron chi connectivity index (χ0n) is 15.3. The largest absolute Gasteiger partial charge is 0.383 e. The van der Waals surface area contributed by atoms with Crippen LogP contribution in [-0.2, 0) is 12.8 Å². The molecule has 0 saturated carbocycles. The lowest BCUT2D eigenvalue weighted by atomic mass is 10.1. The van der Waals surface area contributed by atoms with Crippen LogP contribution in [0.25, 0.3) is 0 Å². The van der Waals surface area contributed by atoms with Gasteiger partial charge in [0.05, 0.1) is 11.9 Å². The molecule has 3 aromatic rings. The second kappa shape index (κ2) is 9.85. The van der Waals surface area contributed by atoms with Crippen molar-refractivity contribution in [3.8, 4) is 0 Å². The SMILES string of the molecule is O=C(NCCc1cccc(Cl)c1)c1ccc(NCCc2ccc(F)cc2)cn1. The van der Waals surface area contributed by atoms with Gasteiger partial charge >= 0.3 is 0 Å². The quantitative estimate of drug-likeness (QED) is 0.588. The van der Waals surface area contributed by atoms with Crippen molar-refractivity contribution in [2.24, 2.45) is 0 Å². The number of anilines is 1. The molecule has 0 spiro atoms. The first kappa shape index (κ1) is 19.8. The van der Waals surface area contributed by atoms with E-state index < -0.39 is 0 Å². The van der Waals surface area contributed by atoms with Crippen molar-refractivity contribution in [3.05, 3.63) is 94.5 Å². The molecule has 2 N–H and O–H groups in total. The predicted octanol–water partition coefficient (Wildman–Crippen LogP) is 4.50. The highest BCUT2D eigenvalue weighted by Crippen LogP contribution is 2.11. The lowest BCUT2D eigenvalue weighted by Crippen LogP contribution is -2.26. The zero-order chi connectivity index (χ0) is 19.8. The molecule has 4 nitrogen and oxygen atoms in total. The maximum Gasteiger partial charge on any atom is 0.269 e. The van der Waals surface area contributed by atoms with E-state index in [9.17, 15) is 9.18 Å². The molecule has 6 heteroatoms. The van der Waals surface area contributed by atoms with Gasteiger partial charge < -0.3 is 10.6 Å². The molecule has 0 aliphatic heterocycles. The minimum atomic E-state index is -0.234. The van der Waals surface area contributed by atoms with Crippen molar-refractivity contribution in [2.45, 2.75) is 12.8 Å². The summed E-state index contributed by atoms with van der Waals surface area (Å²) in [6.45, 7) is 1.21.